The van der Waals surface area contributed by atoms with Gasteiger partial charge in [0.15, 0.2) is 5.82 Å². The number of hydrogen-bond acceptors (Lipinski definition) is 4. The summed E-state index contributed by atoms with van der Waals surface area (Å²) in [7, 11) is 0. The number of anilines is 1. The first kappa shape index (κ1) is 13.9. The van der Waals surface area contributed by atoms with E-state index in [4.69, 9.17) is 5.73 Å². The lowest BCUT2D eigenvalue weighted by molar-refractivity contribution is 0.0946. The van der Waals surface area contributed by atoms with Gasteiger partial charge in [-0.2, -0.15) is 0 Å². The number of nitrogens with two attached hydrogens (primary N) is 1. The third-order valence-corrected chi connectivity index (χ3v) is 2.57. The number of carbonyl (C=O) groups excluding carboxylic acids is 1. The highest BCUT2D eigenvalue weighted by molar-refractivity contribution is 5.95. The van der Waals surface area contributed by atoms with Crippen LogP contribution in [0.2, 0.25) is 0 Å². The molecule has 0 radical (unpaired) electrons. The maximum atomic E-state index is 13.6. The summed E-state index contributed by atoms with van der Waals surface area (Å²) in [6, 6.07) is 3.23. The Morgan fingerprint density at radius 2 is 2.15 bits per heavy atom. The first-order valence-electron chi connectivity index (χ1n) is 5.78. The molecule has 1 aromatic carbocycles. The van der Waals surface area contributed by atoms with Crippen LogP contribution in [0.25, 0.3) is 0 Å². The van der Waals surface area contributed by atoms with Gasteiger partial charge in [-0.15, -0.1) is 0 Å². The van der Waals surface area contributed by atoms with Crippen LogP contribution in [-0.4, -0.2) is 15.9 Å². The average Bonchev–Trinajstić information content (AvgIpc) is 2.40. The van der Waals surface area contributed by atoms with Crippen LogP contribution < -0.4 is 11.1 Å². The first-order chi connectivity index (χ1) is 9.47. The summed E-state index contributed by atoms with van der Waals surface area (Å²) in [5.74, 6) is -1.92. The van der Waals surface area contributed by atoms with E-state index in [0.29, 0.717) is 11.5 Å². The summed E-state index contributed by atoms with van der Waals surface area (Å²) in [5.41, 5.74) is 4.99. The van der Waals surface area contributed by atoms with Crippen LogP contribution in [-0.2, 0) is 6.54 Å². The van der Waals surface area contributed by atoms with Crippen molar-refractivity contribution in [3.05, 3.63) is 53.1 Å². The van der Waals surface area contributed by atoms with E-state index in [1.54, 1.807) is 19.2 Å². The molecule has 1 aromatic heterocycles. The second kappa shape index (κ2) is 5.60. The fraction of sp³-hybridized carbons (Fsp3) is 0.154. The molecule has 0 fully saturated rings. The number of aryl methyl sites for hydroxylation is 1. The van der Waals surface area contributed by atoms with E-state index in [-0.39, 0.29) is 6.54 Å². The molecule has 2 rings (SSSR count). The van der Waals surface area contributed by atoms with Crippen molar-refractivity contribution in [3.8, 4) is 0 Å². The van der Waals surface area contributed by atoms with Crippen LogP contribution in [0, 0.1) is 18.6 Å². The molecular weight excluding hydrogens is 266 g/mol. The molecule has 7 heteroatoms. The summed E-state index contributed by atoms with van der Waals surface area (Å²) in [4.78, 5) is 19.8. The number of carbonyl (C=O) groups is 1. The SMILES string of the molecule is Cc1nccc(CNC(=O)c2cc(F)cc(N)c2F)n1. The standard InChI is InChI=1S/C13H12F2N4O/c1-7-17-3-2-9(19-7)6-18-13(20)10-4-8(14)5-11(16)12(10)15/h2-5H,6,16H2,1H3,(H,18,20). The van der Waals surface area contributed by atoms with E-state index < -0.39 is 28.8 Å². The second-order valence-corrected chi connectivity index (χ2v) is 4.13. The van der Waals surface area contributed by atoms with E-state index in [1.165, 1.54) is 0 Å². The zero-order valence-electron chi connectivity index (χ0n) is 10.7. The van der Waals surface area contributed by atoms with Crippen molar-refractivity contribution in [1.82, 2.24) is 15.3 Å². The molecule has 2 aromatic rings. The second-order valence-electron chi connectivity index (χ2n) is 4.13. The molecule has 1 amide bonds. The predicted molar refractivity (Wildman–Crippen MR) is 68.7 cm³/mol. The Bertz CT molecular complexity index is 661. The maximum Gasteiger partial charge on any atom is 0.254 e. The molecule has 0 spiro atoms. The van der Waals surface area contributed by atoms with Crippen molar-refractivity contribution in [2.24, 2.45) is 0 Å². The van der Waals surface area contributed by atoms with E-state index in [2.05, 4.69) is 15.3 Å². The van der Waals surface area contributed by atoms with Crippen LogP contribution in [0.5, 0.6) is 0 Å². The summed E-state index contributed by atoms with van der Waals surface area (Å²) in [6.07, 6.45) is 1.55. The number of nitrogen functional groups attached to an aromatic ring is 1. The Hall–Kier alpha value is -2.57. The molecule has 3 N–H and O–H groups in total. The molecule has 0 unspecified atom stereocenters. The Morgan fingerprint density at radius 3 is 2.85 bits per heavy atom. The van der Waals surface area contributed by atoms with Crippen LogP contribution in [0.4, 0.5) is 14.5 Å². The van der Waals surface area contributed by atoms with Gasteiger partial charge in [0.05, 0.1) is 23.5 Å². The van der Waals surface area contributed by atoms with Crippen LogP contribution >= 0.6 is 0 Å². The molecule has 0 saturated carbocycles. The fourth-order valence-electron chi connectivity index (χ4n) is 1.65. The van der Waals surface area contributed by atoms with E-state index >= 15 is 0 Å². The van der Waals surface area contributed by atoms with Crippen molar-refractivity contribution in [1.29, 1.82) is 0 Å². The number of amides is 1. The molecule has 20 heavy (non-hydrogen) atoms. The molecule has 0 saturated heterocycles. The van der Waals surface area contributed by atoms with Crippen molar-refractivity contribution < 1.29 is 13.6 Å². The van der Waals surface area contributed by atoms with Gasteiger partial charge < -0.3 is 11.1 Å². The lowest BCUT2D eigenvalue weighted by Crippen LogP contribution is -2.25. The van der Waals surface area contributed by atoms with Crippen LogP contribution in [0.3, 0.4) is 0 Å². The van der Waals surface area contributed by atoms with E-state index in [1.807, 2.05) is 0 Å². The quantitative estimate of drug-likeness (QED) is 0.835. The van der Waals surface area contributed by atoms with Crippen LogP contribution in [0.1, 0.15) is 21.9 Å². The van der Waals surface area contributed by atoms with E-state index in [0.717, 1.165) is 12.1 Å². The van der Waals surface area contributed by atoms with Gasteiger partial charge >= 0.3 is 0 Å². The van der Waals surface area contributed by atoms with Gasteiger partial charge in [0, 0.05) is 6.20 Å². The normalized spacial score (nSPS) is 10.3. The monoisotopic (exact) mass is 278 g/mol. The van der Waals surface area contributed by atoms with Gasteiger partial charge in [-0.05, 0) is 25.1 Å². The molecule has 104 valence electrons. The smallest absolute Gasteiger partial charge is 0.254 e. The van der Waals surface area contributed by atoms with Crippen molar-refractivity contribution in [2.75, 3.05) is 5.73 Å². The Kier molecular flexibility index (Phi) is 3.88. The van der Waals surface area contributed by atoms with Gasteiger partial charge in [-0.3, -0.25) is 4.79 Å². The summed E-state index contributed by atoms with van der Waals surface area (Å²) >= 11 is 0. The molecule has 5 nitrogen and oxygen atoms in total. The van der Waals surface area contributed by atoms with Gasteiger partial charge in [0.1, 0.15) is 11.6 Å². The number of aromatic nitrogens is 2. The minimum Gasteiger partial charge on any atom is -0.396 e. The zero-order valence-corrected chi connectivity index (χ0v) is 10.7. The largest absolute Gasteiger partial charge is 0.396 e. The average molecular weight is 278 g/mol. The summed E-state index contributed by atoms with van der Waals surface area (Å²) in [6.45, 7) is 1.79. The molecular formula is C13H12F2N4O. The highest BCUT2D eigenvalue weighted by atomic mass is 19.1. The minimum absolute atomic E-state index is 0.0814. The Labute approximate surface area is 113 Å². The predicted octanol–water partition coefficient (Wildman–Crippen LogP) is 1.58. The highest BCUT2D eigenvalue weighted by Crippen LogP contribution is 2.17. The van der Waals surface area contributed by atoms with Crippen molar-refractivity contribution >= 4 is 11.6 Å². The van der Waals surface area contributed by atoms with Crippen molar-refractivity contribution in [3.63, 3.8) is 0 Å². The molecule has 0 atom stereocenters. The summed E-state index contributed by atoms with van der Waals surface area (Å²) < 4.78 is 26.8. The lowest BCUT2D eigenvalue weighted by atomic mass is 10.1. The van der Waals surface area contributed by atoms with E-state index in [9.17, 15) is 13.6 Å². The van der Waals surface area contributed by atoms with Crippen molar-refractivity contribution in [2.45, 2.75) is 13.5 Å². The maximum absolute atomic E-state index is 13.6. The number of rotatable bonds is 3. The third kappa shape index (κ3) is 3.05. The Balaban J connectivity index is 2.13. The fourth-order valence-corrected chi connectivity index (χ4v) is 1.65. The number of halogens is 2. The van der Waals surface area contributed by atoms with Gasteiger partial charge in [-0.1, -0.05) is 0 Å². The van der Waals surface area contributed by atoms with Gasteiger partial charge in [0.25, 0.3) is 5.91 Å². The first-order valence-corrected chi connectivity index (χ1v) is 5.78. The lowest BCUT2D eigenvalue weighted by Gasteiger charge is -2.07. The number of nitrogens with zero attached hydrogens (tertiary/aromatic N) is 2. The number of hydrogen-bond donors (Lipinski definition) is 2. The highest BCUT2D eigenvalue weighted by Gasteiger charge is 2.16. The molecule has 0 bridgehead atoms. The van der Waals surface area contributed by atoms with Gasteiger partial charge in [0.2, 0.25) is 0 Å². The number of nitrogens with one attached hydrogen (secondary N) is 1. The Morgan fingerprint density at radius 1 is 1.40 bits per heavy atom. The van der Waals surface area contributed by atoms with Crippen LogP contribution in [0.15, 0.2) is 24.4 Å². The zero-order chi connectivity index (χ0) is 14.7. The minimum atomic E-state index is -0.942. The van der Waals surface area contributed by atoms with Gasteiger partial charge in [-0.25, -0.2) is 18.7 Å². The molecule has 0 aliphatic heterocycles. The summed E-state index contributed by atoms with van der Waals surface area (Å²) in [5, 5.41) is 2.45. The molecule has 1 heterocycles. The number of benzene rings is 1. The topological polar surface area (TPSA) is 80.9 Å². The molecule has 0 aliphatic carbocycles. The third-order valence-electron chi connectivity index (χ3n) is 2.57. The molecule has 0 aliphatic rings.